The van der Waals surface area contributed by atoms with Gasteiger partial charge in [-0.25, -0.2) is 0 Å². The van der Waals surface area contributed by atoms with Crippen molar-refractivity contribution < 1.29 is 17.7 Å². The number of piperidine rings is 2. The molecule has 1 aromatic heterocycles. The minimum Gasteiger partial charge on any atom is -0.360 e. The highest BCUT2D eigenvalue weighted by molar-refractivity contribution is 7.86. The monoisotopic (exact) mass is 435 g/mol. The lowest BCUT2D eigenvalue weighted by Crippen LogP contribution is -2.69. The number of hydrogen-bond acceptors (Lipinski definition) is 6. The van der Waals surface area contributed by atoms with Gasteiger partial charge in [0, 0.05) is 55.3 Å². The van der Waals surface area contributed by atoms with Crippen molar-refractivity contribution in [2.75, 3.05) is 20.1 Å². The van der Waals surface area contributed by atoms with Crippen LogP contribution >= 0.6 is 0 Å². The highest BCUT2D eigenvalue weighted by Crippen LogP contribution is 2.42. The topological polar surface area (TPSA) is 99.0 Å². The minimum atomic E-state index is -3.45. The molecule has 1 aromatic rings. The summed E-state index contributed by atoms with van der Waals surface area (Å²) in [6.45, 7) is 1.20. The molecule has 6 aliphatic rings. The van der Waals surface area contributed by atoms with Crippen LogP contribution in [0.25, 0.3) is 0 Å². The molecule has 1 saturated carbocycles. The van der Waals surface area contributed by atoms with Gasteiger partial charge in [0.1, 0.15) is 5.76 Å². The summed E-state index contributed by atoms with van der Waals surface area (Å²) in [6, 6.07) is 2.37. The number of aromatic nitrogens is 1. The Kier molecular flexibility index (Phi) is 4.32. The van der Waals surface area contributed by atoms with Crippen molar-refractivity contribution in [2.24, 2.45) is 0 Å². The van der Waals surface area contributed by atoms with Gasteiger partial charge in [0.05, 0.1) is 0 Å². The standard InChI is InChI=1S/C20H29N5O4S/c1-23-16-8-17(23)11-24(10-16)30(27,28)25-14-4-5-15(25)7-13(6-14)21-20(26)18-9-19(29-22-18)12-2-3-12/h9,12-17H,2-8,10-11H2,1H3,(H,21,26)/t13?,14-,15+,16?,17?. The van der Waals surface area contributed by atoms with E-state index in [-0.39, 0.29) is 24.0 Å². The Morgan fingerprint density at radius 1 is 1.07 bits per heavy atom. The van der Waals surface area contributed by atoms with Crippen LogP contribution in [-0.2, 0) is 10.2 Å². The minimum absolute atomic E-state index is 0.0246. The summed E-state index contributed by atoms with van der Waals surface area (Å²) in [5.41, 5.74) is 0.330. The Bertz CT molecular complexity index is 934. The maximum atomic E-state index is 13.4. The number of nitrogens with zero attached hydrogens (tertiary/aromatic N) is 4. The van der Waals surface area contributed by atoms with E-state index in [0.717, 1.165) is 37.9 Å². The van der Waals surface area contributed by atoms with Crippen molar-refractivity contribution in [3.63, 3.8) is 0 Å². The molecule has 1 aliphatic carbocycles. The molecule has 3 unspecified atom stereocenters. The molecule has 1 amide bonds. The maximum Gasteiger partial charge on any atom is 0.282 e. The van der Waals surface area contributed by atoms with E-state index >= 15 is 0 Å². The van der Waals surface area contributed by atoms with Gasteiger partial charge < -0.3 is 9.84 Å². The Morgan fingerprint density at radius 2 is 1.73 bits per heavy atom. The molecule has 0 aromatic carbocycles. The Balaban J connectivity index is 1.12. The fourth-order valence-electron chi connectivity index (χ4n) is 5.92. The van der Waals surface area contributed by atoms with Crippen LogP contribution in [0.4, 0.5) is 0 Å². The number of fused-ring (bicyclic) bond motifs is 4. The molecule has 10 heteroatoms. The molecular formula is C20H29N5O4S. The number of likely N-dealkylation sites (N-methyl/N-ethyl adjacent to an activating group) is 1. The van der Waals surface area contributed by atoms with Crippen molar-refractivity contribution in [2.45, 2.75) is 81.1 Å². The SMILES string of the molecule is CN1C2CC1CN(S(=O)(=O)N1[C@@H]3CC[C@H]1CC(NC(=O)c1cc(C4CC4)on1)C3)C2. The Hall–Kier alpha value is -1.49. The van der Waals surface area contributed by atoms with Crippen LogP contribution < -0.4 is 5.32 Å². The highest BCUT2D eigenvalue weighted by atomic mass is 32.2. The molecule has 0 spiro atoms. The van der Waals surface area contributed by atoms with Crippen LogP contribution in [0.1, 0.15) is 67.1 Å². The van der Waals surface area contributed by atoms with Crippen molar-refractivity contribution in [1.29, 1.82) is 0 Å². The van der Waals surface area contributed by atoms with Gasteiger partial charge in [-0.05, 0) is 52.0 Å². The zero-order chi connectivity index (χ0) is 20.6. The molecule has 9 nitrogen and oxygen atoms in total. The van der Waals surface area contributed by atoms with E-state index in [1.807, 2.05) is 0 Å². The lowest BCUT2D eigenvalue weighted by Gasteiger charge is -2.55. The molecule has 6 heterocycles. The maximum absolute atomic E-state index is 13.4. The van der Waals surface area contributed by atoms with Crippen LogP contribution in [-0.4, -0.2) is 83.3 Å². The van der Waals surface area contributed by atoms with Gasteiger partial charge in [0.25, 0.3) is 16.1 Å². The fourth-order valence-corrected chi connectivity index (χ4v) is 8.05. The third-order valence-electron chi connectivity index (χ3n) is 7.86. The molecule has 30 heavy (non-hydrogen) atoms. The number of carbonyl (C=O) groups excluding carboxylic acids is 1. The number of carbonyl (C=O) groups is 1. The summed E-state index contributed by atoms with van der Waals surface area (Å²) in [6.07, 6.45) is 6.36. The van der Waals surface area contributed by atoms with E-state index in [0.29, 0.717) is 49.6 Å². The van der Waals surface area contributed by atoms with Crippen LogP contribution in [0.15, 0.2) is 10.6 Å². The van der Waals surface area contributed by atoms with Gasteiger partial charge >= 0.3 is 0 Å². The third kappa shape index (κ3) is 3.03. The molecule has 164 valence electrons. The van der Waals surface area contributed by atoms with Crippen LogP contribution in [0, 0.1) is 0 Å². The van der Waals surface area contributed by atoms with Crippen LogP contribution in [0.2, 0.25) is 0 Å². The van der Waals surface area contributed by atoms with Crippen LogP contribution in [0.5, 0.6) is 0 Å². The normalized spacial score (nSPS) is 37.2. The summed E-state index contributed by atoms with van der Waals surface area (Å²) >= 11 is 0. The second-order valence-corrected chi connectivity index (χ2v) is 11.6. The molecule has 5 saturated heterocycles. The second-order valence-electron chi connectivity index (χ2n) is 9.78. The molecule has 7 rings (SSSR count). The van der Waals surface area contributed by atoms with Gasteiger partial charge in [-0.3, -0.25) is 9.69 Å². The molecular weight excluding hydrogens is 406 g/mol. The lowest BCUT2D eigenvalue weighted by atomic mass is 9.90. The largest absolute Gasteiger partial charge is 0.360 e. The fraction of sp³-hybridized carbons (Fsp3) is 0.800. The van der Waals surface area contributed by atoms with Crippen LogP contribution in [0.3, 0.4) is 0 Å². The molecule has 5 aliphatic heterocycles. The number of amides is 1. The zero-order valence-corrected chi connectivity index (χ0v) is 18.1. The van der Waals surface area contributed by atoms with E-state index in [4.69, 9.17) is 4.52 Å². The third-order valence-corrected chi connectivity index (χ3v) is 9.94. The summed E-state index contributed by atoms with van der Waals surface area (Å²) in [4.78, 5) is 14.9. The molecule has 4 bridgehead atoms. The summed E-state index contributed by atoms with van der Waals surface area (Å²) in [5.74, 6) is 1.00. The highest BCUT2D eigenvalue weighted by Gasteiger charge is 2.52. The predicted octanol–water partition coefficient (Wildman–Crippen LogP) is 0.910. The quantitative estimate of drug-likeness (QED) is 0.738. The van der Waals surface area contributed by atoms with Crippen molar-refractivity contribution >= 4 is 16.1 Å². The lowest BCUT2D eigenvalue weighted by molar-refractivity contribution is -0.0239. The average Bonchev–Trinajstić information content (AvgIpc) is 3.39. The zero-order valence-electron chi connectivity index (χ0n) is 17.2. The van der Waals surface area contributed by atoms with Crippen molar-refractivity contribution in [3.8, 4) is 0 Å². The van der Waals surface area contributed by atoms with E-state index in [9.17, 15) is 13.2 Å². The molecule has 1 N–H and O–H groups in total. The molecule has 5 atom stereocenters. The van der Waals surface area contributed by atoms with E-state index < -0.39 is 10.2 Å². The van der Waals surface area contributed by atoms with Gasteiger partial charge in [-0.15, -0.1) is 0 Å². The summed E-state index contributed by atoms with van der Waals surface area (Å²) in [7, 11) is -1.36. The van der Waals surface area contributed by atoms with E-state index in [1.54, 1.807) is 14.7 Å². The first-order chi connectivity index (χ1) is 14.4. The number of hydrogen-bond donors (Lipinski definition) is 1. The first-order valence-electron chi connectivity index (χ1n) is 11.2. The van der Waals surface area contributed by atoms with E-state index in [1.165, 1.54) is 0 Å². The first kappa shape index (κ1) is 19.2. The van der Waals surface area contributed by atoms with E-state index in [2.05, 4.69) is 22.4 Å². The number of piperazine rings is 1. The first-order valence-corrected chi connectivity index (χ1v) is 12.6. The van der Waals surface area contributed by atoms with Gasteiger partial charge in [-0.2, -0.15) is 17.0 Å². The number of rotatable bonds is 5. The summed E-state index contributed by atoms with van der Waals surface area (Å²) in [5, 5.41) is 7.00. The van der Waals surface area contributed by atoms with Crippen molar-refractivity contribution in [1.82, 2.24) is 24.0 Å². The molecule has 6 fully saturated rings. The summed E-state index contributed by atoms with van der Waals surface area (Å²) < 4.78 is 35.6. The average molecular weight is 436 g/mol. The molecule has 0 radical (unpaired) electrons. The van der Waals surface area contributed by atoms with Gasteiger partial charge in [-0.1, -0.05) is 5.16 Å². The predicted molar refractivity (Wildman–Crippen MR) is 108 cm³/mol. The van der Waals surface area contributed by atoms with Crippen molar-refractivity contribution in [3.05, 3.63) is 17.5 Å². The smallest absolute Gasteiger partial charge is 0.282 e. The van der Waals surface area contributed by atoms with Gasteiger partial charge in [0.2, 0.25) is 0 Å². The second kappa shape index (κ2) is 6.75. The Labute approximate surface area is 176 Å². The Morgan fingerprint density at radius 3 is 2.33 bits per heavy atom. The van der Waals surface area contributed by atoms with Gasteiger partial charge in [0.15, 0.2) is 5.69 Å². The number of nitrogens with one attached hydrogen (secondary N) is 1.